The number of hydrogen-bond acceptors (Lipinski definition) is 4. The Morgan fingerprint density at radius 2 is 2.35 bits per heavy atom. The molecule has 7 heteroatoms. The smallest absolute Gasteiger partial charge is 0.250 e. The molecule has 1 unspecified atom stereocenters. The van der Waals surface area contributed by atoms with Crippen molar-refractivity contribution in [1.82, 2.24) is 4.72 Å². The molecule has 0 amide bonds. The van der Waals surface area contributed by atoms with Crippen molar-refractivity contribution in [3.63, 3.8) is 0 Å². The van der Waals surface area contributed by atoms with Gasteiger partial charge in [-0.3, -0.25) is 0 Å². The predicted molar refractivity (Wildman–Crippen MR) is 70.1 cm³/mol. The molecule has 1 aromatic heterocycles. The van der Waals surface area contributed by atoms with Crippen LogP contribution in [0.2, 0.25) is 4.34 Å². The van der Waals surface area contributed by atoms with Gasteiger partial charge in [-0.1, -0.05) is 17.7 Å². The molecule has 17 heavy (non-hydrogen) atoms. The van der Waals surface area contributed by atoms with Gasteiger partial charge >= 0.3 is 0 Å². The van der Waals surface area contributed by atoms with E-state index in [1.54, 1.807) is 13.0 Å². The quantitative estimate of drug-likeness (QED) is 0.788. The Kier molecular flexibility index (Phi) is 5.15. The van der Waals surface area contributed by atoms with Gasteiger partial charge in [0.1, 0.15) is 4.21 Å². The summed E-state index contributed by atoms with van der Waals surface area (Å²) < 4.78 is 26.9. The number of aliphatic hydroxyl groups is 1. The van der Waals surface area contributed by atoms with Crippen molar-refractivity contribution in [2.24, 2.45) is 0 Å². The van der Waals surface area contributed by atoms with Crippen LogP contribution in [0.15, 0.2) is 22.9 Å². The van der Waals surface area contributed by atoms with Gasteiger partial charge in [-0.2, -0.15) is 0 Å². The standard InChI is InChI=1S/C10H14ClNO3S2/c1-3-4-8(6-13)12-17(14,15)9-5-7(2)10(11)16-9/h3,5,8,12-13H,1,4,6H2,2H3. The molecule has 0 saturated carbocycles. The third kappa shape index (κ3) is 3.79. The summed E-state index contributed by atoms with van der Waals surface area (Å²) in [5.74, 6) is 0. The minimum atomic E-state index is -3.62. The highest BCUT2D eigenvalue weighted by atomic mass is 35.5. The summed E-state index contributed by atoms with van der Waals surface area (Å²) in [7, 11) is -3.62. The SMILES string of the molecule is C=CCC(CO)NS(=O)(=O)c1cc(C)c(Cl)s1. The van der Waals surface area contributed by atoms with Crippen LogP contribution in [0.1, 0.15) is 12.0 Å². The van der Waals surface area contributed by atoms with E-state index in [1.807, 2.05) is 0 Å². The van der Waals surface area contributed by atoms with Gasteiger partial charge in [-0.05, 0) is 25.0 Å². The molecule has 1 aromatic rings. The Balaban J connectivity index is 2.91. The van der Waals surface area contributed by atoms with Crippen LogP contribution in [0.4, 0.5) is 0 Å². The zero-order chi connectivity index (χ0) is 13.1. The Labute approximate surface area is 110 Å². The number of hydrogen-bond donors (Lipinski definition) is 2. The molecule has 1 heterocycles. The van der Waals surface area contributed by atoms with E-state index in [-0.39, 0.29) is 10.8 Å². The Hall–Kier alpha value is -0.400. The van der Waals surface area contributed by atoms with Crippen LogP contribution in [-0.4, -0.2) is 26.2 Å². The average molecular weight is 296 g/mol. The minimum Gasteiger partial charge on any atom is -0.395 e. The lowest BCUT2D eigenvalue weighted by atomic mass is 10.2. The summed E-state index contributed by atoms with van der Waals surface area (Å²) in [6.45, 7) is 4.97. The second-order valence-electron chi connectivity index (χ2n) is 3.55. The van der Waals surface area contributed by atoms with Gasteiger partial charge in [-0.25, -0.2) is 13.1 Å². The van der Waals surface area contributed by atoms with E-state index in [1.165, 1.54) is 6.07 Å². The molecular formula is C10H14ClNO3S2. The topological polar surface area (TPSA) is 66.4 Å². The zero-order valence-electron chi connectivity index (χ0n) is 9.31. The fourth-order valence-electron chi connectivity index (χ4n) is 1.20. The summed E-state index contributed by atoms with van der Waals surface area (Å²) in [5, 5.41) is 9.03. The molecule has 0 fully saturated rings. The number of rotatable bonds is 6. The molecule has 1 rings (SSSR count). The third-order valence-corrected chi connectivity index (χ3v) is 5.64. The van der Waals surface area contributed by atoms with Crippen molar-refractivity contribution in [2.45, 2.75) is 23.6 Å². The van der Waals surface area contributed by atoms with Crippen molar-refractivity contribution >= 4 is 33.0 Å². The monoisotopic (exact) mass is 295 g/mol. The summed E-state index contributed by atoms with van der Waals surface area (Å²) in [4.78, 5) is 0. The first-order chi connectivity index (χ1) is 7.90. The van der Waals surface area contributed by atoms with E-state index >= 15 is 0 Å². The molecule has 0 aliphatic rings. The van der Waals surface area contributed by atoms with Gasteiger partial charge in [-0.15, -0.1) is 17.9 Å². The van der Waals surface area contributed by atoms with E-state index in [2.05, 4.69) is 11.3 Å². The third-order valence-electron chi connectivity index (χ3n) is 2.09. The summed E-state index contributed by atoms with van der Waals surface area (Å²) in [5.41, 5.74) is 0.723. The van der Waals surface area contributed by atoms with Crippen molar-refractivity contribution in [3.8, 4) is 0 Å². The van der Waals surface area contributed by atoms with Crippen LogP contribution >= 0.6 is 22.9 Å². The maximum atomic E-state index is 11.9. The van der Waals surface area contributed by atoms with Crippen molar-refractivity contribution < 1.29 is 13.5 Å². The first-order valence-corrected chi connectivity index (χ1v) is 7.58. The molecule has 1 atom stereocenters. The molecule has 96 valence electrons. The van der Waals surface area contributed by atoms with E-state index in [0.717, 1.165) is 16.9 Å². The van der Waals surface area contributed by atoms with E-state index in [4.69, 9.17) is 16.7 Å². The molecule has 0 aliphatic carbocycles. The van der Waals surface area contributed by atoms with Crippen molar-refractivity contribution in [2.75, 3.05) is 6.61 Å². The van der Waals surface area contributed by atoms with Crippen molar-refractivity contribution in [3.05, 3.63) is 28.6 Å². The first kappa shape index (κ1) is 14.7. The van der Waals surface area contributed by atoms with Gasteiger partial charge in [0, 0.05) is 6.04 Å². The molecule has 0 aliphatic heterocycles. The number of aliphatic hydroxyl groups excluding tert-OH is 1. The molecular weight excluding hydrogens is 282 g/mol. The minimum absolute atomic E-state index is 0.155. The van der Waals surface area contributed by atoms with E-state index in [9.17, 15) is 8.42 Å². The maximum Gasteiger partial charge on any atom is 0.250 e. The number of aryl methyl sites for hydroxylation is 1. The lowest BCUT2D eigenvalue weighted by Crippen LogP contribution is -2.36. The van der Waals surface area contributed by atoms with Crippen LogP contribution < -0.4 is 4.72 Å². The van der Waals surface area contributed by atoms with Gasteiger partial charge in [0.2, 0.25) is 10.0 Å². The van der Waals surface area contributed by atoms with Gasteiger partial charge in [0.25, 0.3) is 0 Å². The molecule has 0 spiro atoms. The Morgan fingerprint density at radius 3 is 2.76 bits per heavy atom. The van der Waals surface area contributed by atoms with E-state index < -0.39 is 16.1 Å². The van der Waals surface area contributed by atoms with Gasteiger partial charge < -0.3 is 5.11 Å². The summed E-state index contributed by atoms with van der Waals surface area (Å²) in [6, 6.07) is 0.955. The van der Waals surface area contributed by atoms with Crippen LogP contribution in [0.25, 0.3) is 0 Å². The van der Waals surface area contributed by atoms with Crippen LogP contribution in [-0.2, 0) is 10.0 Å². The number of nitrogens with one attached hydrogen (secondary N) is 1. The lowest BCUT2D eigenvalue weighted by Gasteiger charge is -2.13. The Bertz CT molecular complexity index is 476. The van der Waals surface area contributed by atoms with Crippen LogP contribution in [0, 0.1) is 6.92 Å². The fourth-order valence-corrected chi connectivity index (χ4v) is 4.17. The Morgan fingerprint density at radius 1 is 1.71 bits per heavy atom. The van der Waals surface area contributed by atoms with Crippen LogP contribution in [0.5, 0.6) is 0 Å². The average Bonchev–Trinajstić information content (AvgIpc) is 2.59. The van der Waals surface area contributed by atoms with E-state index in [0.29, 0.717) is 10.8 Å². The number of sulfonamides is 1. The second kappa shape index (κ2) is 5.97. The largest absolute Gasteiger partial charge is 0.395 e. The van der Waals surface area contributed by atoms with Crippen molar-refractivity contribution in [1.29, 1.82) is 0 Å². The zero-order valence-corrected chi connectivity index (χ0v) is 11.7. The normalized spacial score (nSPS) is 13.6. The number of halogens is 1. The fraction of sp³-hybridized carbons (Fsp3) is 0.400. The van der Waals surface area contributed by atoms with Crippen LogP contribution in [0.3, 0.4) is 0 Å². The molecule has 4 nitrogen and oxygen atoms in total. The van der Waals surface area contributed by atoms with Gasteiger partial charge in [0.05, 0.1) is 10.9 Å². The second-order valence-corrected chi connectivity index (χ2v) is 7.14. The molecule has 0 aromatic carbocycles. The molecule has 0 radical (unpaired) electrons. The lowest BCUT2D eigenvalue weighted by molar-refractivity contribution is 0.257. The highest BCUT2D eigenvalue weighted by Gasteiger charge is 2.21. The summed E-state index contributed by atoms with van der Waals surface area (Å²) >= 11 is 6.83. The summed E-state index contributed by atoms with van der Waals surface area (Å²) in [6.07, 6.45) is 1.92. The molecule has 2 N–H and O–H groups in total. The maximum absolute atomic E-state index is 11.9. The number of thiophene rings is 1. The first-order valence-electron chi connectivity index (χ1n) is 4.90. The molecule has 0 saturated heterocycles. The van der Waals surface area contributed by atoms with Gasteiger partial charge in [0.15, 0.2) is 0 Å². The highest BCUT2D eigenvalue weighted by molar-refractivity contribution is 7.91. The predicted octanol–water partition coefficient (Wildman–Crippen LogP) is 1.93. The molecule has 0 bridgehead atoms. The highest BCUT2D eigenvalue weighted by Crippen LogP contribution is 2.30.